The quantitative estimate of drug-likeness (QED) is 0.671. The fourth-order valence-corrected chi connectivity index (χ4v) is 2.54. The molecule has 0 radical (unpaired) electrons. The van der Waals surface area contributed by atoms with E-state index in [9.17, 15) is 13.6 Å². The van der Waals surface area contributed by atoms with E-state index < -0.39 is 17.9 Å². The van der Waals surface area contributed by atoms with E-state index in [4.69, 9.17) is 5.73 Å². The van der Waals surface area contributed by atoms with Crippen molar-refractivity contribution < 1.29 is 13.6 Å². The molecular weight excluding hydrogens is 240 g/mol. The van der Waals surface area contributed by atoms with E-state index in [-0.39, 0.29) is 19.0 Å². The Bertz CT molecular complexity index is 318. The molecular formula is C12H21F2N3O. The van der Waals surface area contributed by atoms with Crippen LogP contribution in [0.25, 0.3) is 0 Å². The van der Waals surface area contributed by atoms with Gasteiger partial charge in [-0.3, -0.25) is 15.0 Å². The van der Waals surface area contributed by atoms with Gasteiger partial charge in [-0.15, -0.1) is 0 Å². The molecule has 0 spiro atoms. The Kier molecular flexibility index (Phi) is 3.87. The summed E-state index contributed by atoms with van der Waals surface area (Å²) in [6, 6.07) is 0.332. The van der Waals surface area contributed by atoms with Gasteiger partial charge in [0.05, 0.1) is 6.54 Å². The van der Waals surface area contributed by atoms with Crippen LogP contribution in [0.15, 0.2) is 0 Å². The molecule has 2 saturated carbocycles. The van der Waals surface area contributed by atoms with Crippen molar-refractivity contribution >= 4 is 5.91 Å². The van der Waals surface area contributed by atoms with E-state index in [0.29, 0.717) is 6.04 Å². The van der Waals surface area contributed by atoms with E-state index in [1.54, 1.807) is 7.05 Å². The molecule has 0 heterocycles. The average molecular weight is 261 g/mol. The summed E-state index contributed by atoms with van der Waals surface area (Å²) >= 11 is 0. The Morgan fingerprint density at radius 3 is 2.44 bits per heavy atom. The number of likely N-dealkylation sites (N-methyl/N-ethyl adjacent to an activating group) is 1. The first kappa shape index (κ1) is 13.7. The molecule has 2 rings (SSSR count). The Morgan fingerprint density at radius 2 is 2.06 bits per heavy atom. The van der Waals surface area contributed by atoms with Crippen molar-refractivity contribution in [3.8, 4) is 0 Å². The molecule has 2 aliphatic carbocycles. The summed E-state index contributed by atoms with van der Waals surface area (Å²) in [5.74, 6) is -0.200. The van der Waals surface area contributed by atoms with Crippen molar-refractivity contribution in [3.05, 3.63) is 0 Å². The van der Waals surface area contributed by atoms with Crippen LogP contribution in [0, 0.1) is 5.92 Å². The molecule has 1 atom stereocenters. The van der Waals surface area contributed by atoms with E-state index in [2.05, 4.69) is 5.32 Å². The fraction of sp³-hybridized carbons (Fsp3) is 0.917. The van der Waals surface area contributed by atoms with E-state index in [1.165, 1.54) is 4.90 Å². The first-order valence-electron chi connectivity index (χ1n) is 6.48. The highest BCUT2D eigenvalue weighted by Crippen LogP contribution is 2.42. The lowest BCUT2D eigenvalue weighted by Crippen LogP contribution is -2.63. The topological polar surface area (TPSA) is 58.4 Å². The summed E-state index contributed by atoms with van der Waals surface area (Å²) in [6.07, 6.45) is 1.59. The molecule has 2 fully saturated rings. The van der Waals surface area contributed by atoms with E-state index in [0.717, 1.165) is 25.7 Å². The molecule has 3 N–H and O–H groups in total. The van der Waals surface area contributed by atoms with Crippen LogP contribution < -0.4 is 11.1 Å². The molecule has 0 aliphatic heterocycles. The van der Waals surface area contributed by atoms with Gasteiger partial charge in [0.2, 0.25) is 5.91 Å². The lowest BCUT2D eigenvalue weighted by molar-refractivity contribution is -0.126. The first-order chi connectivity index (χ1) is 8.44. The summed E-state index contributed by atoms with van der Waals surface area (Å²) in [6.45, 7) is -0.0536. The van der Waals surface area contributed by atoms with Crippen LogP contribution in [-0.2, 0) is 4.79 Å². The molecule has 0 aromatic rings. The number of hydrogen-bond donors (Lipinski definition) is 2. The second-order valence-electron chi connectivity index (χ2n) is 5.62. The van der Waals surface area contributed by atoms with Crippen LogP contribution >= 0.6 is 0 Å². The van der Waals surface area contributed by atoms with Crippen LogP contribution in [0.2, 0.25) is 0 Å². The van der Waals surface area contributed by atoms with Crippen molar-refractivity contribution in [2.24, 2.45) is 11.7 Å². The van der Waals surface area contributed by atoms with Crippen molar-refractivity contribution in [2.75, 3.05) is 20.1 Å². The second-order valence-corrected chi connectivity index (χ2v) is 5.62. The maximum Gasteiger partial charge on any atom is 0.251 e. The van der Waals surface area contributed by atoms with Gasteiger partial charge in [-0.1, -0.05) is 0 Å². The van der Waals surface area contributed by atoms with Gasteiger partial charge in [0.1, 0.15) is 5.54 Å². The van der Waals surface area contributed by atoms with Crippen molar-refractivity contribution in [1.29, 1.82) is 0 Å². The van der Waals surface area contributed by atoms with Gasteiger partial charge in [-0.2, -0.15) is 0 Å². The van der Waals surface area contributed by atoms with Gasteiger partial charge < -0.3 is 5.73 Å². The highest BCUT2D eigenvalue weighted by molar-refractivity contribution is 5.86. The number of halogens is 2. The molecule has 1 unspecified atom stereocenters. The number of nitrogens with one attached hydrogen (secondary N) is 1. The SMILES string of the molecule is CN(CC(F)F)CC(NC1CC1)(C(N)=O)C1CC1. The van der Waals surface area contributed by atoms with Crippen molar-refractivity contribution in [2.45, 2.75) is 43.7 Å². The lowest BCUT2D eigenvalue weighted by Gasteiger charge is -2.36. The molecule has 104 valence electrons. The summed E-state index contributed by atoms with van der Waals surface area (Å²) < 4.78 is 24.7. The second kappa shape index (κ2) is 5.09. The minimum atomic E-state index is -2.39. The smallest absolute Gasteiger partial charge is 0.251 e. The molecule has 0 aromatic heterocycles. The third kappa shape index (κ3) is 3.17. The summed E-state index contributed by atoms with van der Waals surface area (Å²) in [7, 11) is 1.61. The maximum absolute atomic E-state index is 12.4. The van der Waals surface area contributed by atoms with Crippen molar-refractivity contribution in [3.63, 3.8) is 0 Å². The average Bonchev–Trinajstić information content (AvgIpc) is 3.10. The third-order valence-electron chi connectivity index (χ3n) is 3.72. The molecule has 0 saturated heterocycles. The zero-order valence-electron chi connectivity index (χ0n) is 10.7. The minimum Gasteiger partial charge on any atom is -0.368 e. The summed E-state index contributed by atoms with van der Waals surface area (Å²) in [5.41, 5.74) is 4.74. The van der Waals surface area contributed by atoms with Crippen LogP contribution in [0.3, 0.4) is 0 Å². The predicted octanol–water partition coefficient (Wildman–Crippen LogP) is 0.569. The number of carbonyl (C=O) groups excluding carboxylic acids is 1. The monoisotopic (exact) mass is 261 g/mol. The standard InChI is InChI=1S/C12H21F2N3O/c1-17(6-10(13)14)7-12(11(15)18,8-2-3-8)16-9-4-5-9/h8-10,16H,2-7H2,1H3,(H2,15,18). The van der Waals surface area contributed by atoms with Gasteiger partial charge in [0.25, 0.3) is 6.43 Å². The van der Waals surface area contributed by atoms with Gasteiger partial charge in [0.15, 0.2) is 0 Å². The number of carbonyl (C=O) groups is 1. The molecule has 4 nitrogen and oxygen atoms in total. The van der Waals surface area contributed by atoms with Crippen LogP contribution in [0.1, 0.15) is 25.7 Å². The Labute approximate surface area is 106 Å². The molecule has 0 bridgehead atoms. The van der Waals surface area contributed by atoms with Gasteiger partial charge in [-0.05, 0) is 38.6 Å². The Morgan fingerprint density at radius 1 is 1.44 bits per heavy atom. The zero-order valence-corrected chi connectivity index (χ0v) is 10.7. The number of hydrogen-bond acceptors (Lipinski definition) is 3. The summed E-state index contributed by atoms with van der Waals surface area (Å²) in [4.78, 5) is 13.3. The van der Waals surface area contributed by atoms with Gasteiger partial charge in [-0.25, -0.2) is 8.78 Å². The molecule has 0 aromatic carbocycles. The lowest BCUT2D eigenvalue weighted by atomic mass is 9.91. The van der Waals surface area contributed by atoms with E-state index >= 15 is 0 Å². The number of nitrogens with zero attached hydrogens (tertiary/aromatic N) is 1. The Balaban J connectivity index is 2.04. The number of amides is 1. The predicted molar refractivity (Wildman–Crippen MR) is 64.3 cm³/mol. The number of rotatable bonds is 8. The number of primary amides is 1. The van der Waals surface area contributed by atoms with Crippen LogP contribution in [0.5, 0.6) is 0 Å². The van der Waals surface area contributed by atoms with E-state index in [1.807, 2.05) is 0 Å². The normalized spacial score (nSPS) is 23.4. The first-order valence-corrected chi connectivity index (χ1v) is 6.48. The molecule has 2 aliphatic rings. The largest absolute Gasteiger partial charge is 0.368 e. The summed E-state index contributed by atoms with van der Waals surface area (Å²) in [5, 5.41) is 3.31. The third-order valence-corrected chi connectivity index (χ3v) is 3.72. The van der Waals surface area contributed by atoms with Crippen LogP contribution in [-0.4, -0.2) is 49.0 Å². The highest BCUT2D eigenvalue weighted by atomic mass is 19.3. The van der Waals surface area contributed by atoms with Crippen molar-refractivity contribution in [1.82, 2.24) is 10.2 Å². The zero-order chi connectivity index (χ0) is 13.3. The maximum atomic E-state index is 12.4. The molecule has 1 amide bonds. The molecule has 6 heteroatoms. The van der Waals surface area contributed by atoms with Crippen LogP contribution in [0.4, 0.5) is 8.78 Å². The fourth-order valence-electron chi connectivity index (χ4n) is 2.54. The highest BCUT2D eigenvalue weighted by Gasteiger charge is 2.52. The van der Waals surface area contributed by atoms with Gasteiger partial charge in [0, 0.05) is 12.6 Å². The Hall–Kier alpha value is -0.750. The number of alkyl halides is 2. The van der Waals surface area contributed by atoms with Gasteiger partial charge >= 0.3 is 0 Å². The molecule has 18 heavy (non-hydrogen) atoms. The number of nitrogens with two attached hydrogens (primary N) is 1. The minimum absolute atomic E-state index is 0.204.